The van der Waals surface area contributed by atoms with Gasteiger partial charge in [-0.25, -0.2) is 0 Å². The molecule has 0 heterocycles. The number of carbonyl (C=O) groups is 1. The van der Waals surface area contributed by atoms with Gasteiger partial charge in [-0.1, -0.05) is 18.5 Å². The lowest BCUT2D eigenvalue weighted by Crippen LogP contribution is -2.14. The lowest BCUT2D eigenvalue weighted by Gasteiger charge is -2.03. The molecule has 1 N–H and O–H groups in total. The summed E-state index contributed by atoms with van der Waals surface area (Å²) in [7, 11) is 0. The van der Waals surface area contributed by atoms with E-state index in [1.165, 1.54) is 0 Å². The van der Waals surface area contributed by atoms with E-state index in [2.05, 4.69) is 12.2 Å². The lowest BCUT2D eigenvalue weighted by molar-refractivity contribution is -0.117. The summed E-state index contributed by atoms with van der Waals surface area (Å²) in [5.41, 5.74) is 0.818. The van der Waals surface area contributed by atoms with Gasteiger partial charge >= 0.3 is 0 Å². The first-order valence-electron chi connectivity index (χ1n) is 4.73. The molecule has 1 amide bonds. The van der Waals surface area contributed by atoms with Crippen LogP contribution in [0.5, 0.6) is 0 Å². The third-order valence-corrected chi connectivity index (χ3v) is 2.81. The van der Waals surface area contributed by atoms with Crippen LogP contribution in [0.2, 0.25) is 5.02 Å². The van der Waals surface area contributed by atoms with Crippen molar-refractivity contribution in [2.45, 2.75) is 13.3 Å². The molecule has 3 heteroatoms. The smallest absolute Gasteiger partial charge is 0.227 e. The Hall–Kier alpha value is -1.02. The summed E-state index contributed by atoms with van der Waals surface area (Å²) in [5, 5.41) is 3.55. The standard InChI is InChI=1S/C11H12ClNO/c1-7-6-10(7)11(14)13-9-4-2-8(12)3-5-9/h2-5,7,10H,6H2,1H3,(H,13,14)/t7-,10-/m0/s1. The van der Waals surface area contributed by atoms with Crippen molar-refractivity contribution in [3.05, 3.63) is 29.3 Å². The molecule has 1 aromatic rings. The van der Waals surface area contributed by atoms with Crippen molar-refractivity contribution >= 4 is 23.2 Å². The molecule has 74 valence electrons. The van der Waals surface area contributed by atoms with Crippen LogP contribution < -0.4 is 5.32 Å². The number of anilines is 1. The van der Waals surface area contributed by atoms with Crippen molar-refractivity contribution in [1.82, 2.24) is 0 Å². The van der Waals surface area contributed by atoms with Crippen molar-refractivity contribution in [3.63, 3.8) is 0 Å². The minimum Gasteiger partial charge on any atom is -0.326 e. The molecule has 0 saturated heterocycles. The fourth-order valence-corrected chi connectivity index (χ4v) is 1.58. The monoisotopic (exact) mass is 209 g/mol. The maximum atomic E-state index is 11.5. The third kappa shape index (κ3) is 2.07. The molecule has 1 aliphatic rings. The summed E-state index contributed by atoms with van der Waals surface area (Å²) in [5.74, 6) is 0.882. The Balaban J connectivity index is 1.97. The molecule has 0 aliphatic heterocycles. The zero-order valence-corrected chi connectivity index (χ0v) is 8.71. The summed E-state index contributed by atoms with van der Waals surface area (Å²) in [4.78, 5) is 11.5. The van der Waals surface area contributed by atoms with Gasteiger partial charge in [-0.2, -0.15) is 0 Å². The molecule has 2 atom stereocenters. The van der Waals surface area contributed by atoms with Crippen LogP contribution in [0.3, 0.4) is 0 Å². The van der Waals surface area contributed by atoms with E-state index in [1.54, 1.807) is 12.1 Å². The normalized spacial score (nSPS) is 24.4. The zero-order valence-electron chi connectivity index (χ0n) is 7.96. The van der Waals surface area contributed by atoms with E-state index in [0.29, 0.717) is 10.9 Å². The molecule has 2 nitrogen and oxygen atoms in total. The third-order valence-electron chi connectivity index (χ3n) is 2.56. The van der Waals surface area contributed by atoms with Gasteiger partial charge < -0.3 is 5.32 Å². The highest BCUT2D eigenvalue weighted by atomic mass is 35.5. The second kappa shape index (κ2) is 3.62. The number of rotatable bonds is 2. The van der Waals surface area contributed by atoms with Crippen LogP contribution in [0.15, 0.2) is 24.3 Å². The van der Waals surface area contributed by atoms with Crippen LogP contribution in [0.4, 0.5) is 5.69 Å². The van der Waals surface area contributed by atoms with Crippen molar-refractivity contribution in [2.75, 3.05) is 5.32 Å². The largest absolute Gasteiger partial charge is 0.326 e. The molecule has 2 rings (SSSR count). The van der Waals surface area contributed by atoms with Gasteiger partial charge in [0.05, 0.1) is 0 Å². The van der Waals surface area contributed by atoms with Crippen LogP contribution in [0, 0.1) is 11.8 Å². The van der Waals surface area contributed by atoms with E-state index in [1.807, 2.05) is 12.1 Å². The van der Waals surface area contributed by atoms with E-state index in [-0.39, 0.29) is 11.8 Å². The summed E-state index contributed by atoms with van der Waals surface area (Å²) in [6.07, 6.45) is 1.01. The van der Waals surface area contributed by atoms with Gasteiger partial charge in [0.1, 0.15) is 0 Å². The highest BCUT2D eigenvalue weighted by Gasteiger charge is 2.38. The van der Waals surface area contributed by atoms with E-state index in [0.717, 1.165) is 12.1 Å². The Morgan fingerprint density at radius 3 is 2.50 bits per heavy atom. The molecule has 0 unspecified atom stereocenters. The second-order valence-electron chi connectivity index (χ2n) is 3.82. The first kappa shape index (κ1) is 9.53. The topological polar surface area (TPSA) is 29.1 Å². The highest BCUT2D eigenvalue weighted by molar-refractivity contribution is 6.30. The molecule has 1 fully saturated rings. The van der Waals surface area contributed by atoms with Crippen molar-refractivity contribution < 1.29 is 4.79 Å². The molecule has 0 radical (unpaired) electrons. The minimum atomic E-state index is 0.125. The number of hydrogen-bond acceptors (Lipinski definition) is 1. The first-order valence-corrected chi connectivity index (χ1v) is 5.11. The fourth-order valence-electron chi connectivity index (χ4n) is 1.46. The average Bonchev–Trinajstić information content (AvgIpc) is 2.87. The molecule has 1 aromatic carbocycles. The zero-order chi connectivity index (χ0) is 10.1. The predicted molar refractivity (Wildman–Crippen MR) is 57.4 cm³/mol. The van der Waals surface area contributed by atoms with Gasteiger partial charge in [0.2, 0.25) is 5.91 Å². The van der Waals surface area contributed by atoms with E-state index in [4.69, 9.17) is 11.6 Å². The Morgan fingerprint density at radius 1 is 1.43 bits per heavy atom. The molecule has 0 aromatic heterocycles. The maximum absolute atomic E-state index is 11.5. The van der Waals surface area contributed by atoms with Crippen LogP contribution in [-0.4, -0.2) is 5.91 Å². The van der Waals surface area contributed by atoms with E-state index < -0.39 is 0 Å². The molecular weight excluding hydrogens is 198 g/mol. The van der Waals surface area contributed by atoms with Gasteiger partial charge in [-0.15, -0.1) is 0 Å². The molecule has 0 spiro atoms. The number of carbonyl (C=O) groups excluding carboxylic acids is 1. The van der Waals surface area contributed by atoms with Gasteiger partial charge in [0.15, 0.2) is 0 Å². The minimum absolute atomic E-state index is 0.125. The number of amides is 1. The van der Waals surface area contributed by atoms with Crippen LogP contribution in [0.25, 0.3) is 0 Å². The summed E-state index contributed by atoms with van der Waals surface area (Å²) < 4.78 is 0. The van der Waals surface area contributed by atoms with Crippen LogP contribution in [-0.2, 0) is 4.79 Å². The number of halogens is 1. The molecule has 1 saturated carbocycles. The van der Waals surface area contributed by atoms with E-state index in [9.17, 15) is 4.79 Å². The molecule has 14 heavy (non-hydrogen) atoms. The fraction of sp³-hybridized carbons (Fsp3) is 0.364. The van der Waals surface area contributed by atoms with Crippen LogP contribution in [0.1, 0.15) is 13.3 Å². The van der Waals surface area contributed by atoms with Gasteiger partial charge in [-0.05, 0) is 36.6 Å². The van der Waals surface area contributed by atoms with Gasteiger partial charge in [0.25, 0.3) is 0 Å². The average molecular weight is 210 g/mol. The number of hydrogen-bond donors (Lipinski definition) is 1. The maximum Gasteiger partial charge on any atom is 0.227 e. The summed E-state index contributed by atoms with van der Waals surface area (Å²) in [6.45, 7) is 2.09. The van der Waals surface area contributed by atoms with E-state index >= 15 is 0 Å². The molecular formula is C11H12ClNO. The highest BCUT2D eigenvalue weighted by Crippen LogP contribution is 2.38. The summed E-state index contributed by atoms with van der Waals surface area (Å²) in [6, 6.07) is 7.17. The van der Waals surface area contributed by atoms with Crippen LogP contribution >= 0.6 is 11.6 Å². The Morgan fingerprint density at radius 2 is 2.00 bits per heavy atom. The number of benzene rings is 1. The lowest BCUT2D eigenvalue weighted by atomic mass is 10.3. The Kier molecular flexibility index (Phi) is 2.46. The van der Waals surface area contributed by atoms with Crippen molar-refractivity contribution in [1.29, 1.82) is 0 Å². The number of nitrogens with one attached hydrogen (secondary N) is 1. The summed E-state index contributed by atoms with van der Waals surface area (Å²) >= 11 is 5.73. The van der Waals surface area contributed by atoms with Crippen molar-refractivity contribution in [3.8, 4) is 0 Å². The van der Waals surface area contributed by atoms with Crippen molar-refractivity contribution in [2.24, 2.45) is 11.8 Å². The van der Waals surface area contributed by atoms with Gasteiger partial charge in [0, 0.05) is 16.6 Å². The SMILES string of the molecule is C[C@H]1C[C@@H]1C(=O)Nc1ccc(Cl)cc1. The second-order valence-corrected chi connectivity index (χ2v) is 4.25. The first-order chi connectivity index (χ1) is 6.66. The Labute approximate surface area is 88.3 Å². The van der Waals surface area contributed by atoms with Gasteiger partial charge in [-0.3, -0.25) is 4.79 Å². The quantitative estimate of drug-likeness (QED) is 0.797. The Bertz CT molecular complexity index is 347. The molecule has 1 aliphatic carbocycles. The predicted octanol–water partition coefficient (Wildman–Crippen LogP) is 2.93. The molecule has 0 bridgehead atoms.